The van der Waals surface area contributed by atoms with Crippen LogP contribution < -0.4 is 10.9 Å². The minimum absolute atomic E-state index is 0.178. The van der Waals surface area contributed by atoms with Crippen LogP contribution in [-0.2, 0) is 17.8 Å². The van der Waals surface area contributed by atoms with Crippen LogP contribution in [0.5, 0.6) is 0 Å². The SMILES string of the molecule is CCc1nn2c(=O)cc(CN(C)CC(=O)Nc3ccc(F)c(F)c3F)nc2s1. The summed E-state index contributed by atoms with van der Waals surface area (Å²) in [5, 5.41) is 7.13. The van der Waals surface area contributed by atoms with Gasteiger partial charge in [0.05, 0.1) is 17.9 Å². The van der Waals surface area contributed by atoms with Crippen LogP contribution >= 0.6 is 11.3 Å². The molecule has 1 N–H and O–H groups in total. The summed E-state index contributed by atoms with van der Waals surface area (Å²) in [6.07, 6.45) is 0.684. The number of anilines is 1. The zero-order valence-corrected chi connectivity index (χ0v) is 15.8. The molecule has 2 heterocycles. The summed E-state index contributed by atoms with van der Waals surface area (Å²) in [6, 6.07) is 3.00. The molecule has 1 amide bonds. The standard InChI is InChI=1S/C17H16F3N5O2S/c1-3-13-23-25-14(27)6-9(21-17(25)28-13)7-24(2)8-12(26)22-11-5-4-10(18)15(19)16(11)20/h4-6H,3,7-8H2,1-2H3,(H,22,26). The van der Waals surface area contributed by atoms with Crippen LogP contribution in [0.3, 0.4) is 0 Å². The van der Waals surface area contributed by atoms with Gasteiger partial charge in [0.2, 0.25) is 10.9 Å². The van der Waals surface area contributed by atoms with E-state index in [9.17, 15) is 22.8 Å². The summed E-state index contributed by atoms with van der Waals surface area (Å²) in [5.41, 5.74) is -0.324. The lowest BCUT2D eigenvalue weighted by atomic mass is 10.2. The number of fused-ring (bicyclic) bond motifs is 1. The lowest BCUT2D eigenvalue weighted by molar-refractivity contribution is -0.117. The summed E-state index contributed by atoms with van der Waals surface area (Å²) in [7, 11) is 1.61. The van der Waals surface area contributed by atoms with E-state index in [4.69, 9.17) is 0 Å². The summed E-state index contributed by atoms with van der Waals surface area (Å²) >= 11 is 1.31. The molecule has 0 bridgehead atoms. The number of carbonyl (C=O) groups excluding carboxylic acids is 1. The summed E-state index contributed by atoms with van der Waals surface area (Å²) in [5.74, 6) is -5.08. The van der Waals surface area contributed by atoms with Gasteiger partial charge in [-0.25, -0.2) is 18.2 Å². The fourth-order valence-corrected chi connectivity index (χ4v) is 3.37. The fraction of sp³-hybridized carbons (Fsp3) is 0.294. The van der Waals surface area contributed by atoms with Crippen molar-refractivity contribution < 1.29 is 18.0 Å². The van der Waals surface area contributed by atoms with Crippen LogP contribution in [0.4, 0.5) is 18.9 Å². The molecule has 28 heavy (non-hydrogen) atoms. The monoisotopic (exact) mass is 411 g/mol. The Morgan fingerprint density at radius 3 is 2.75 bits per heavy atom. The van der Waals surface area contributed by atoms with Gasteiger partial charge in [-0.1, -0.05) is 18.3 Å². The van der Waals surface area contributed by atoms with Gasteiger partial charge >= 0.3 is 0 Å². The van der Waals surface area contributed by atoms with Crippen molar-refractivity contribution in [2.45, 2.75) is 19.9 Å². The highest BCUT2D eigenvalue weighted by Crippen LogP contribution is 2.19. The first-order chi connectivity index (χ1) is 13.3. The molecule has 0 saturated heterocycles. The molecule has 0 fully saturated rings. The van der Waals surface area contributed by atoms with Gasteiger partial charge in [-0.2, -0.15) is 9.61 Å². The second-order valence-corrected chi connectivity index (χ2v) is 7.11. The molecule has 0 unspecified atom stereocenters. The van der Waals surface area contributed by atoms with Gasteiger partial charge in [0.1, 0.15) is 5.01 Å². The molecule has 0 spiro atoms. The van der Waals surface area contributed by atoms with Crippen LogP contribution in [0.1, 0.15) is 17.6 Å². The highest BCUT2D eigenvalue weighted by molar-refractivity contribution is 7.16. The molecule has 0 saturated carbocycles. The lowest BCUT2D eigenvalue weighted by Crippen LogP contribution is -2.31. The first kappa shape index (κ1) is 20.0. The van der Waals surface area contributed by atoms with E-state index in [1.807, 2.05) is 6.92 Å². The van der Waals surface area contributed by atoms with Crippen LogP contribution in [0.2, 0.25) is 0 Å². The predicted octanol–water partition coefficient (Wildman–Crippen LogP) is 2.20. The maximum Gasteiger partial charge on any atom is 0.275 e. The summed E-state index contributed by atoms with van der Waals surface area (Å²) < 4.78 is 41.0. The number of nitrogens with zero attached hydrogens (tertiary/aromatic N) is 4. The lowest BCUT2D eigenvalue weighted by Gasteiger charge is -2.16. The minimum atomic E-state index is -1.65. The number of benzene rings is 1. The van der Waals surface area contributed by atoms with Crippen LogP contribution in [0.25, 0.3) is 4.96 Å². The van der Waals surface area contributed by atoms with Gasteiger partial charge in [-0.05, 0) is 25.6 Å². The van der Waals surface area contributed by atoms with Gasteiger partial charge in [0, 0.05) is 12.6 Å². The van der Waals surface area contributed by atoms with E-state index < -0.39 is 29.0 Å². The second kappa shape index (κ2) is 8.07. The third-order valence-corrected chi connectivity index (χ3v) is 4.85. The first-order valence-corrected chi connectivity index (χ1v) is 9.10. The molecule has 0 radical (unpaired) electrons. The molecule has 1 aromatic carbocycles. The maximum atomic E-state index is 13.6. The molecule has 0 atom stereocenters. The van der Waals surface area contributed by atoms with Crippen molar-refractivity contribution in [3.8, 4) is 0 Å². The third kappa shape index (κ3) is 4.20. The number of rotatable bonds is 6. The zero-order valence-electron chi connectivity index (χ0n) is 15.0. The van der Waals surface area contributed by atoms with Crippen molar-refractivity contribution in [2.75, 3.05) is 18.9 Å². The van der Waals surface area contributed by atoms with E-state index in [-0.39, 0.29) is 18.6 Å². The number of hydrogen-bond acceptors (Lipinski definition) is 6. The van der Waals surface area contributed by atoms with Crippen molar-refractivity contribution in [3.63, 3.8) is 0 Å². The molecule has 3 rings (SSSR count). The Balaban J connectivity index is 1.67. The largest absolute Gasteiger partial charge is 0.322 e. The summed E-state index contributed by atoms with van der Waals surface area (Å²) in [6.45, 7) is 1.92. The van der Waals surface area contributed by atoms with Gasteiger partial charge in [0.25, 0.3) is 5.56 Å². The van der Waals surface area contributed by atoms with Crippen LogP contribution in [-0.4, -0.2) is 39.0 Å². The van der Waals surface area contributed by atoms with Crippen molar-refractivity contribution in [3.05, 3.63) is 56.7 Å². The number of nitrogens with one attached hydrogen (secondary N) is 1. The topological polar surface area (TPSA) is 79.6 Å². The molecule has 148 valence electrons. The van der Waals surface area contributed by atoms with E-state index >= 15 is 0 Å². The Hall–Kier alpha value is -2.79. The number of likely N-dealkylation sites (N-methyl/N-ethyl adjacent to an activating group) is 1. The second-order valence-electron chi connectivity index (χ2n) is 6.07. The number of hydrogen-bond donors (Lipinski definition) is 1. The Morgan fingerprint density at radius 2 is 2.04 bits per heavy atom. The number of halogens is 3. The zero-order chi connectivity index (χ0) is 20.4. The smallest absolute Gasteiger partial charge is 0.275 e. The van der Waals surface area contributed by atoms with Crippen molar-refractivity contribution in [1.29, 1.82) is 0 Å². The molecule has 7 nitrogen and oxygen atoms in total. The van der Waals surface area contributed by atoms with Crippen molar-refractivity contribution in [1.82, 2.24) is 19.5 Å². The summed E-state index contributed by atoms with van der Waals surface area (Å²) in [4.78, 5) is 30.6. The quantitative estimate of drug-likeness (QED) is 0.629. The predicted molar refractivity (Wildman–Crippen MR) is 97.8 cm³/mol. The molecule has 2 aromatic heterocycles. The van der Waals surface area contributed by atoms with E-state index in [1.54, 1.807) is 11.9 Å². The molecule has 11 heteroatoms. The Kier molecular flexibility index (Phi) is 5.75. The highest BCUT2D eigenvalue weighted by Gasteiger charge is 2.16. The Labute approximate surface area is 161 Å². The maximum absolute atomic E-state index is 13.6. The number of aromatic nitrogens is 3. The van der Waals surface area contributed by atoms with Gasteiger partial charge < -0.3 is 5.32 Å². The van der Waals surface area contributed by atoms with E-state index in [0.29, 0.717) is 17.1 Å². The number of aryl methyl sites for hydroxylation is 1. The number of amides is 1. The van der Waals surface area contributed by atoms with E-state index in [2.05, 4.69) is 15.4 Å². The van der Waals surface area contributed by atoms with Crippen LogP contribution in [0.15, 0.2) is 23.0 Å². The molecule has 0 aliphatic carbocycles. The fourth-order valence-electron chi connectivity index (χ4n) is 2.51. The molecular formula is C17H16F3N5O2S. The average molecular weight is 411 g/mol. The highest BCUT2D eigenvalue weighted by atomic mass is 32.1. The van der Waals surface area contributed by atoms with Crippen molar-refractivity contribution in [2.24, 2.45) is 0 Å². The number of carbonyl (C=O) groups is 1. The normalized spacial score (nSPS) is 11.4. The minimum Gasteiger partial charge on any atom is -0.322 e. The average Bonchev–Trinajstić information content (AvgIpc) is 3.06. The molecule has 0 aliphatic heterocycles. The van der Waals surface area contributed by atoms with E-state index in [1.165, 1.54) is 21.9 Å². The first-order valence-electron chi connectivity index (χ1n) is 8.29. The van der Waals surface area contributed by atoms with E-state index in [0.717, 1.165) is 17.1 Å². The third-order valence-electron chi connectivity index (χ3n) is 3.80. The van der Waals surface area contributed by atoms with Gasteiger partial charge in [-0.3, -0.25) is 14.5 Å². The van der Waals surface area contributed by atoms with Crippen LogP contribution in [0, 0.1) is 17.5 Å². The van der Waals surface area contributed by atoms with Crippen molar-refractivity contribution >= 4 is 27.9 Å². The van der Waals surface area contributed by atoms with Gasteiger partial charge in [0.15, 0.2) is 17.5 Å². The molecule has 3 aromatic rings. The molecule has 0 aliphatic rings. The Morgan fingerprint density at radius 1 is 1.29 bits per heavy atom. The molecular weight excluding hydrogens is 395 g/mol. The van der Waals surface area contributed by atoms with Gasteiger partial charge in [-0.15, -0.1) is 0 Å². The Bertz CT molecular complexity index is 1100.